The Balaban J connectivity index is 1.53. The van der Waals surface area contributed by atoms with Crippen molar-refractivity contribution in [1.82, 2.24) is 20.9 Å². The first-order valence-corrected chi connectivity index (χ1v) is 17.3. The number of hydrogen-bond donors (Lipinski definition) is 4. The van der Waals surface area contributed by atoms with E-state index in [1.807, 2.05) is 45.0 Å². The van der Waals surface area contributed by atoms with Crippen LogP contribution in [0.15, 0.2) is 24.3 Å². The van der Waals surface area contributed by atoms with Crippen LogP contribution in [0.4, 0.5) is 4.79 Å². The van der Waals surface area contributed by atoms with Crippen LogP contribution in [0, 0.1) is 23.2 Å². The fourth-order valence-electron chi connectivity index (χ4n) is 7.17. The van der Waals surface area contributed by atoms with Crippen LogP contribution < -0.4 is 26.4 Å². The maximum atomic E-state index is 14.4. The number of benzene rings is 1. The van der Waals surface area contributed by atoms with Crippen LogP contribution in [0.5, 0.6) is 5.75 Å². The molecule has 11 heteroatoms. The van der Waals surface area contributed by atoms with Crippen molar-refractivity contribution in [2.75, 3.05) is 13.7 Å². The quantitative estimate of drug-likeness (QED) is 0.237. The molecule has 2 saturated carbocycles. The lowest BCUT2D eigenvalue weighted by atomic mass is 9.77. The summed E-state index contributed by atoms with van der Waals surface area (Å²) in [5.74, 6) is -1.45. The molecule has 4 atom stereocenters. The molecular weight excluding hydrogens is 598 g/mol. The molecule has 5 N–H and O–H groups in total. The van der Waals surface area contributed by atoms with Gasteiger partial charge in [0.2, 0.25) is 17.6 Å². The first-order chi connectivity index (χ1) is 22.1. The normalized spacial score (nSPS) is 22.2. The molecule has 0 spiro atoms. The molecule has 2 aliphatic carbocycles. The van der Waals surface area contributed by atoms with E-state index in [-0.39, 0.29) is 23.7 Å². The van der Waals surface area contributed by atoms with Gasteiger partial charge in [-0.25, -0.2) is 4.79 Å². The molecule has 47 heavy (non-hydrogen) atoms. The molecule has 0 radical (unpaired) electrons. The first-order valence-electron chi connectivity index (χ1n) is 17.3. The molecule has 1 aromatic carbocycles. The lowest BCUT2D eigenvalue weighted by molar-refractivity contribution is -0.143. The van der Waals surface area contributed by atoms with Gasteiger partial charge < -0.3 is 31.3 Å². The van der Waals surface area contributed by atoms with E-state index in [4.69, 9.17) is 10.5 Å². The predicted octanol–water partition coefficient (Wildman–Crippen LogP) is 3.87. The highest BCUT2D eigenvalue weighted by Gasteiger charge is 2.47. The highest BCUT2D eigenvalue weighted by Crippen LogP contribution is 2.36. The second-order valence-electron chi connectivity index (χ2n) is 15.5. The molecule has 0 bridgehead atoms. The van der Waals surface area contributed by atoms with E-state index in [9.17, 15) is 24.0 Å². The largest absolute Gasteiger partial charge is 0.497 e. The van der Waals surface area contributed by atoms with Gasteiger partial charge in [-0.1, -0.05) is 78.9 Å². The number of nitrogens with one attached hydrogen (secondary N) is 3. The molecule has 0 aromatic heterocycles. The van der Waals surface area contributed by atoms with Crippen molar-refractivity contribution in [3.63, 3.8) is 0 Å². The van der Waals surface area contributed by atoms with Crippen molar-refractivity contribution in [2.45, 2.75) is 122 Å². The van der Waals surface area contributed by atoms with E-state index in [1.165, 1.54) is 0 Å². The third-order valence-corrected chi connectivity index (χ3v) is 10.3. The number of carbonyl (C=O) groups excluding carboxylic acids is 5. The third kappa shape index (κ3) is 9.47. The highest BCUT2D eigenvalue weighted by atomic mass is 16.5. The Morgan fingerprint density at radius 2 is 1.72 bits per heavy atom. The van der Waals surface area contributed by atoms with Crippen molar-refractivity contribution in [2.24, 2.45) is 28.9 Å². The second-order valence-corrected chi connectivity index (χ2v) is 15.5. The van der Waals surface area contributed by atoms with Crippen LogP contribution in [0.1, 0.15) is 98.0 Å². The number of nitrogens with two attached hydrogens (primary N) is 1. The van der Waals surface area contributed by atoms with Crippen LogP contribution in [-0.2, 0) is 25.6 Å². The van der Waals surface area contributed by atoms with Gasteiger partial charge in [-0.15, -0.1) is 0 Å². The van der Waals surface area contributed by atoms with E-state index in [1.54, 1.807) is 12.0 Å². The lowest BCUT2D eigenvalue weighted by Crippen LogP contribution is -2.62. The molecule has 5 amide bonds. The molecule has 260 valence electrons. The molecule has 1 saturated heterocycles. The molecule has 4 rings (SSSR count). The van der Waals surface area contributed by atoms with E-state index < -0.39 is 52.7 Å². The number of nitrogens with zero attached hydrogens (tertiary/aromatic N) is 1. The number of ketones is 1. The summed E-state index contributed by atoms with van der Waals surface area (Å²) in [7, 11) is 1.63. The van der Waals surface area contributed by atoms with Gasteiger partial charge in [-0.05, 0) is 73.0 Å². The minimum Gasteiger partial charge on any atom is -0.497 e. The number of ether oxygens (including phenoxy) is 1. The van der Waals surface area contributed by atoms with Crippen molar-refractivity contribution < 1.29 is 28.7 Å². The molecule has 1 aromatic rings. The highest BCUT2D eigenvalue weighted by molar-refractivity contribution is 6.37. The number of rotatable bonds is 13. The number of carbonyl (C=O) groups is 5. The average Bonchev–Trinajstić information content (AvgIpc) is 3.71. The summed E-state index contributed by atoms with van der Waals surface area (Å²) in [4.78, 5) is 67.9. The molecule has 1 unspecified atom stereocenters. The van der Waals surface area contributed by atoms with E-state index >= 15 is 0 Å². The number of methoxy groups -OCH3 is 1. The van der Waals surface area contributed by atoms with E-state index in [0.29, 0.717) is 25.8 Å². The molecule has 3 aliphatic rings. The van der Waals surface area contributed by atoms with Crippen LogP contribution in [0.25, 0.3) is 0 Å². The molecule has 1 aliphatic heterocycles. The predicted molar refractivity (Wildman–Crippen MR) is 179 cm³/mol. The van der Waals surface area contributed by atoms with Crippen molar-refractivity contribution in [3.05, 3.63) is 29.8 Å². The van der Waals surface area contributed by atoms with Crippen LogP contribution in [0.3, 0.4) is 0 Å². The van der Waals surface area contributed by atoms with Crippen molar-refractivity contribution in [3.8, 4) is 5.75 Å². The summed E-state index contributed by atoms with van der Waals surface area (Å²) in [5, 5.41) is 9.06. The van der Waals surface area contributed by atoms with Gasteiger partial charge in [0.05, 0.1) is 13.2 Å². The minimum absolute atomic E-state index is 0.0474. The summed E-state index contributed by atoms with van der Waals surface area (Å²) in [6, 6.07) is 4.68. The van der Waals surface area contributed by atoms with E-state index in [2.05, 4.69) is 29.8 Å². The van der Waals surface area contributed by atoms with Crippen molar-refractivity contribution >= 4 is 29.5 Å². The Hall–Kier alpha value is -3.63. The smallest absolute Gasteiger partial charge is 0.315 e. The summed E-state index contributed by atoms with van der Waals surface area (Å²) < 4.78 is 5.43. The molecule has 1 heterocycles. The van der Waals surface area contributed by atoms with Gasteiger partial charge in [0.25, 0.3) is 5.91 Å². The van der Waals surface area contributed by atoms with Crippen LogP contribution in [-0.4, -0.2) is 71.8 Å². The number of urea groups is 1. The second kappa shape index (κ2) is 15.1. The third-order valence-electron chi connectivity index (χ3n) is 10.3. The fraction of sp³-hybridized carbons (Fsp3) is 0.694. The lowest BCUT2D eigenvalue weighted by Gasteiger charge is -2.40. The van der Waals surface area contributed by atoms with Gasteiger partial charge in [-0.3, -0.25) is 19.2 Å². The summed E-state index contributed by atoms with van der Waals surface area (Å²) in [6.45, 7) is 10.1. The summed E-state index contributed by atoms with van der Waals surface area (Å²) >= 11 is 0. The number of likely N-dealkylation sites (tertiary alicyclic amines) is 1. The topological polar surface area (TPSA) is 160 Å². The summed E-state index contributed by atoms with van der Waals surface area (Å²) in [6.07, 6.45) is 8.02. The van der Waals surface area contributed by atoms with Gasteiger partial charge in [0.15, 0.2) is 0 Å². The zero-order valence-corrected chi connectivity index (χ0v) is 29.0. The Labute approximate surface area is 279 Å². The Morgan fingerprint density at radius 1 is 1.04 bits per heavy atom. The molecular formula is C36H55N5O6. The maximum absolute atomic E-state index is 14.4. The zero-order chi connectivity index (χ0) is 34.5. The summed E-state index contributed by atoms with van der Waals surface area (Å²) in [5.41, 5.74) is 5.23. The van der Waals surface area contributed by atoms with Gasteiger partial charge in [-0.2, -0.15) is 0 Å². The number of hydrogen-bond acceptors (Lipinski definition) is 6. The zero-order valence-electron chi connectivity index (χ0n) is 29.0. The molecule has 11 nitrogen and oxygen atoms in total. The Kier molecular flexibility index (Phi) is 11.6. The maximum Gasteiger partial charge on any atom is 0.315 e. The first kappa shape index (κ1) is 36.2. The Morgan fingerprint density at radius 3 is 2.30 bits per heavy atom. The minimum atomic E-state index is -1.08. The van der Waals surface area contributed by atoms with Crippen molar-refractivity contribution in [1.29, 1.82) is 0 Å². The number of primary amides is 1. The SMILES string of the molecule is COc1cccc(CC2(NC(=O)N[C@H](C(=O)N3C[C@H](C(C)C)C[C@H]3C(=O)NC(CC3CC3)C(=O)C(N)=O)C(C)(C)C)CCCCC2)c1. The Bertz CT molecular complexity index is 1310. The standard InChI is InChI=1S/C36H55N5O6/c1-22(2)25-19-28(32(44)38-27(18-23-13-14-23)29(42)31(37)43)41(21-25)33(45)30(35(3,4)5)39-34(46)40-36(15-8-7-9-16-36)20-24-11-10-12-26(17-24)47-6/h10-12,17,22-23,25,27-28,30H,7-9,13-16,18-21H2,1-6H3,(H2,37,43)(H,38,44)(H2,39,40,46)/t25-,27?,28+,30-/m1/s1. The molecule has 3 fully saturated rings. The van der Waals surface area contributed by atoms with E-state index in [0.717, 1.165) is 56.3 Å². The fourth-order valence-corrected chi connectivity index (χ4v) is 7.17. The monoisotopic (exact) mass is 653 g/mol. The number of Topliss-reactive ketones (excluding diaryl/α,β-unsaturated/α-hetero) is 1. The van der Waals surface area contributed by atoms with Crippen LogP contribution >= 0.6 is 0 Å². The van der Waals surface area contributed by atoms with Gasteiger partial charge in [0, 0.05) is 12.1 Å². The average molecular weight is 654 g/mol. The van der Waals surface area contributed by atoms with Gasteiger partial charge in [0.1, 0.15) is 17.8 Å². The number of amides is 5. The van der Waals surface area contributed by atoms with Crippen LogP contribution in [0.2, 0.25) is 0 Å². The van der Waals surface area contributed by atoms with Gasteiger partial charge >= 0.3 is 6.03 Å².